The van der Waals surface area contributed by atoms with E-state index in [1.54, 1.807) is 32.3 Å². The average molecular weight is 398 g/mol. The van der Waals surface area contributed by atoms with Gasteiger partial charge in [0.25, 0.3) is 5.91 Å². The molecule has 0 radical (unpaired) electrons. The van der Waals surface area contributed by atoms with Gasteiger partial charge in [-0.25, -0.2) is 4.99 Å². The maximum atomic E-state index is 13.0. The van der Waals surface area contributed by atoms with Crippen LogP contribution in [0.2, 0.25) is 0 Å². The smallest absolute Gasteiger partial charge is 0.266 e. The Morgan fingerprint density at radius 2 is 1.86 bits per heavy atom. The molecule has 0 N–H and O–H groups in total. The van der Waals surface area contributed by atoms with E-state index in [0.717, 1.165) is 11.3 Å². The second kappa shape index (κ2) is 9.43. The monoisotopic (exact) mass is 398 g/mol. The number of nitrogens with zero attached hydrogens (tertiary/aromatic N) is 2. The molecular formula is C21H22N2O4S. The van der Waals surface area contributed by atoms with Gasteiger partial charge in [0.2, 0.25) is 0 Å². The Morgan fingerprint density at radius 1 is 1.07 bits per heavy atom. The number of carbonyl (C=O) groups excluding carboxylic acids is 1. The standard InChI is InChI=1S/C21H22N2O4S/c1-25-12-11-23-20(24)19(28-21(23)22-16-7-5-4-6-8-16)13-15-9-10-17(26-2)14-18(15)27-3/h4-10,13-14H,11-12H2,1-3H3/b19-13-,22-21?. The maximum Gasteiger partial charge on any atom is 0.266 e. The summed E-state index contributed by atoms with van der Waals surface area (Å²) in [5.74, 6) is 1.23. The molecule has 1 aliphatic rings. The van der Waals surface area contributed by atoms with Crippen molar-refractivity contribution in [2.24, 2.45) is 4.99 Å². The summed E-state index contributed by atoms with van der Waals surface area (Å²) >= 11 is 1.34. The summed E-state index contributed by atoms with van der Waals surface area (Å²) < 4.78 is 15.8. The number of thioether (sulfide) groups is 1. The highest BCUT2D eigenvalue weighted by molar-refractivity contribution is 8.18. The molecule has 1 fully saturated rings. The molecule has 0 atom stereocenters. The summed E-state index contributed by atoms with van der Waals surface area (Å²) in [6, 6.07) is 15.1. The number of methoxy groups -OCH3 is 3. The third-order valence-electron chi connectivity index (χ3n) is 4.12. The quantitative estimate of drug-likeness (QED) is 0.661. The molecule has 1 saturated heterocycles. The summed E-state index contributed by atoms with van der Waals surface area (Å²) in [5.41, 5.74) is 1.59. The fourth-order valence-corrected chi connectivity index (χ4v) is 3.68. The molecule has 1 heterocycles. The van der Waals surface area contributed by atoms with E-state index in [0.29, 0.717) is 34.7 Å². The van der Waals surface area contributed by atoms with Gasteiger partial charge in [0.1, 0.15) is 11.5 Å². The number of rotatable bonds is 7. The molecule has 2 aromatic rings. The Morgan fingerprint density at radius 3 is 2.54 bits per heavy atom. The molecule has 0 saturated carbocycles. The first kappa shape index (κ1) is 20.0. The highest BCUT2D eigenvalue weighted by Gasteiger charge is 2.33. The van der Waals surface area contributed by atoms with Crippen molar-refractivity contribution >= 4 is 34.6 Å². The van der Waals surface area contributed by atoms with Crippen LogP contribution in [0.3, 0.4) is 0 Å². The summed E-state index contributed by atoms with van der Waals surface area (Å²) in [6.07, 6.45) is 1.82. The van der Waals surface area contributed by atoms with Gasteiger partial charge >= 0.3 is 0 Å². The zero-order valence-electron chi connectivity index (χ0n) is 16.0. The van der Waals surface area contributed by atoms with E-state index in [-0.39, 0.29) is 5.91 Å². The van der Waals surface area contributed by atoms with Gasteiger partial charge in [-0.2, -0.15) is 0 Å². The fraction of sp³-hybridized carbons (Fsp3) is 0.238. The van der Waals surface area contributed by atoms with Gasteiger partial charge in [-0.3, -0.25) is 9.69 Å². The van der Waals surface area contributed by atoms with E-state index < -0.39 is 0 Å². The lowest BCUT2D eigenvalue weighted by atomic mass is 10.1. The second-order valence-corrected chi connectivity index (χ2v) is 6.91. The summed E-state index contributed by atoms with van der Waals surface area (Å²) in [5, 5.41) is 0.631. The molecule has 0 spiro atoms. The molecule has 3 rings (SSSR count). The second-order valence-electron chi connectivity index (χ2n) is 5.90. The number of aliphatic imine (C=N–C) groups is 1. The number of amidine groups is 1. The molecule has 146 valence electrons. The van der Waals surface area contributed by atoms with Gasteiger partial charge in [-0.15, -0.1) is 0 Å². The van der Waals surface area contributed by atoms with Crippen molar-refractivity contribution in [2.45, 2.75) is 0 Å². The van der Waals surface area contributed by atoms with Gasteiger partial charge in [0.15, 0.2) is 5.17 Å². The average Bonchev–Trinajstić information content (AvgIpc) is 3.01. The minimum atomic E-state index is -0.102. The molecule has 0 aromatic heterocycles. The van der Waals surface area contributed by atoms with Gasteiger partial charge in [-0.05, 0) is 42.1 Å². The van der Waals surface area contributed by atoms with Crippen LogP contribution in [-0.4, -0.2) is 50.5 Å². The van der Waals surface area contributed by atoms with Crippen molar-refractivity contribution in [3.63, 3.8) is 0 Å². The van der Waals surface area contributed by atoms with Gasteiger partial charge in [0.05, 0.1) is 38.0 Å². The van der Waals surface area contributed by atoms with Crippen molar-refractivity contribution in [1.29, 1.82) is 0 Å². The van der Waals surface area contributed by atoms with E-state index in [1.165, 1.54) is 11.8 Å². The number of amides is 1. The molecule has 2 aromatic carbocycles. The van der Waals surface area contributed by atoms with Crippen LogP contribution in [0.5, 0.6) is 11.5 Å². The summed E-state index contributed by atoms with van der Waals surface area (Å²) in [4.78, 5) is 19.8. The Balaban J connectivity index is 1.95. The lowest BCUT2D eigenvalue weighted by Crippen LogP contribution is -2.32. The first-order valence-electron chi connectivity index (χ1n) is 8.72. The van der Waals surface area contributed by atoms with E-state index in [4.69, 9.17) is 14.2 Å². The number of para-hydroxylation sites is 1. The van der Waals surface area contributed by atoms with Crippen LogP contribution in [0.15, 0.2) is 58.4 Å². The maximum absolute atomic E-state index is 13.0. The van der Waals surface area contributed by atoms with Crippen LogP contribution in [0.4, 0.5) is 5.69 Å². The van der Waals surface area contributed by atoms with Crippen LogP contribution in [0.1, 0.15) is 5.56 Å². The van der Waals surface area contributed by atoms with Gasteiger partial charge in [-0.1, -0.05) is 18.2 Å². The highest BCUT2D eigenvalue weighted by Crippen LogP contribution is 2.36. The predicted molar refractivity (Wildman–Crippen MR) is 112 cm³/mol. The molecular weight excluding hydrogens is 376 g/mol. The molecule has 1 aliphatic heterocycles. The third kappa shape index (κ3) is 4.55. The SMILES string of the molecule is COCCN1C(=O)/C(=C/c2ccc(OC)cc2OC)SC1=Nc1ccccc1. The van der Waals surface area contributed by atoms with Gasteiger partial charge < -0.3 is 14.2 Å². The van der Waals surface area contributed by atoms with Crippen LogP contribution in [0, 0.1) is 0 Å². The Kier molecular flexibility index (Phi) is 6.73. The zero-order chi connectivity index (χ0) is 19.9. The Labute approximate surface area is 168 Å². The molecule has 28 heavy (non-hydrogen) atoms. The molecule has 1 amide bonds. The number of carbonyl (C=O) groups is 1. The fourth-order valence-electron chi connectivity index (χ4n) is 2.66. The third-order valence-corrected chi connectivity index (χ3v) is 5.12. The highest BCUT2D eigenvalue weighted by atomic mass is 32.2. The van der Waals surface area contributed by atoms with Crippen LogP contribution < -0.4 is 9.47 Å². The van der Waals surface area contributed by atoms with Crippen molar-refractivity contribution in [1.82, 2.24) is 4.90 Å². The van der Waals surface area contributed by atoms with Crippen LogP contribution in [0.25, 0.3) is 6.08 Å². The van der Waals surface area contributed by atoms with Crippen molar-refractivity contribution in [3.05, 3.63) is 59.0 Å². The van der Waals surface area contributed by atoms with Crippen molar-refractivity contribution in [3.8, 4) is 11.5 Å². The molecule has 7 heteroatoms. The van der Waals surface area contributed by atoms with Crippen LogP contribution in [-0.2, 0) is 9.53 Å². The van der Waals surface area contributed by atoms with Crippen molar-refractivity contribution < 1.29 is 19.0 Å². The number of ether oxygens (including phenoxy) is 3. The zero-order valence-corrected chi connectivity index (χ0v) is 16.9. The largest absolute Gasteiger partial charge is 0.497 e. The van der Waals surface area contributed by atoms with E-state index in [2.05, 4.69) is 4.99 Å². The van der Waals surface area contributed by atoms with Crippen LogP contribution >= 0.6 is 11.8 Å². The Bertz CT molecular complexity index is 897. The summed E-state index contributed by atoms with van der Waals surface area (Å²) in [6.45, 7) is 0.865. The van der Waals surface area contributed by atoms with Gasteiger partial charge in [0, 0.05) is 18.7 Å². The van der Waals surface area contributed by atoms with E-state index >= 15 is 0 Å². The topological polar surface area (TPSA) is 60.4 Å². The number of hydrogen-bond donors (Lipinski definition) is 0. The molecule has 0 unspecified atom stereocenters. The molecule has 0 bridgehead atoms. The van der Waals surface area contributed by atoms with E-state index in [9.17, 15) is 4.79 Å². The minimum absolute atomic E-state index is 0.102. The number of hydrogen-bond acceptors (Lipinski definition) is 6. The molecule has 6 nitrogen and oxygen atoms in total. The number of benzene rings is 2. The predicted octanol–water partition coefficient (Wildman–Crippen LogP) is 3.95. The molecule has 0 aliphatic carbocycles. The Hall–Kier alpha value is -2.77. The first-order valence-corrected chi connectivity index (χ1v) is 9.54. The first-order chi connectivity index (χ1) is 13.7. The lowest BCUT2D eigenvalue weighted by Gasteiger charge is -2.14. The minimum Gasteiger partial charge on any atom is -0.497 e. The van der Waals surface area contributed by atoms with Crippen molar-refractivity contribution in [2.75, 3.05) is 34.5 Å². The lowest BCUT2D eigenvalue weighted by molar-refractivity contribution is -0.122. The summed E-state index contributed by atoms with van der Waals surface area (Å²) in [7, 11) is 4.80. The normalized spacial score (nSPS) is 16.8. The van der Waals surface area contributed by atoms with E-state index in [1.807, 2.05) is 48.5 Å².